The second-order valence-electron chi connectivity index (χ2n) is 5.17. The molecule has 0 radical (unpaired) electrons. The smallest absolute Gasteiger partial charge is 0.140 e. The Labute approximate surface area is 84.9 Å². The molecule has 3 unspecified atom stereocenters. The molecular weight excluding hydrogens is 176 g/mol. The Balaban J connectivity index is 1.67. The van der Waals surface area contributed by atoms with Crippen molar-refractivity contribution in [2.45, 2.75) is 32.3 Å². The van der Waals surface area contributed by atoms with Crippen LogP contribution in [0, 0.1) is 17.8 Å². The highest BCUT2D eigenvalue weighted by atomic mass is 16.7. The third-order valence-corrected chi connectivity index (χ3v) is 4.16. The monoisotopic (exact) mass is 194 g/mol. The van der Waals surface area contributed by atoms with Crippen LogP contribution in [0.4, 0.5) is 0 Å². The third-order valence-electron chi connectivity index (χ3n) is 4.16. The first-order chi connectivity index (χ1) is 6.73. The summed E-state index contributed by atoms with van der Waals surface area (Å²) >= 11 is 0. The fourth-order valence-electron chi connectivity index (χ4n) is 2.90. The summed E-state index contributed by atoms with van der Waals surface area (Å²) in [5.41, 5.74) is 1.34. The minimum absolute atomic E-state index is 0.000348. The summed E-state index contributed by atoms with van der Waals surface area (Å²) in [4.78, 5) is 5.54. The molecule has 1 N–H and O–H groups in total. The van der Waals surface area contributed by atoms with Gasteiger partial charge in [0.25, 0.3) is 0 Å². The topological polar surface area (TPSA) is 33.6 Å². The highest BCUT2D eigenvalue weighted by molar-refractivity contribution is 5.91. The summed E-state index contributed by atoms with van der Waals surface area (Å²) < 4.78 is 0. The summed E-state index contributed by atoms with van der Waals surface area (Å²) in [5, 5.41) is 7.71. The lowest BCUT2D eigenvalue weighted by molar-refractivity contribution is -0.00605. The average molecular weight is 194 g/mol. The van der Waals surface area contributed by atoms with E-state index in [0.717, 1.165) is 30.6 Å². The maximum atomic E-state index is 5.54. The van der Waals surface area contributed by atoms with Crippen LogP contribution in [0.15, 0.2) is 5.16 Å². The second-order valence-corrected chi connectivity index (χ2v) is 5.17. The van der Waals surface area contributed by atoms with Gasteiger partial charge in [-0.05, 0) is 38.3 Å². The van der Waals surface area contributed by atoms with Gasteiger partial charge in [-0.15, -0.1) is 0 Å². The number of hydrogen-bond donors (Lipinski definition) is 1. The summed E-state index contributed by atoms with van der Waals surface area (Å²) in [7, 11) is 0. The predicted octanol–water partition coefficient (Wildman–Crippen LogP) is 1.40. The van der Waals surface area contributed by atoms with E-state index in [-0.39, 0.29) is 5.60 Å². The van der Waals surface area contributed by atoms with Gasteiger partial charge in [0.05, 0.1) is 5.71 Å². The number of nitrogens with zero attached hydrogens (tertiary/aromatic N) is 1. The maximum absolute atomic E-state index is 5.54. The van der Waals surface area contributed by atoms with Crippen LogP contribution in [0.1, 0.15) is 26.7 Å². The number of piperidine rings is 1. The van der Waals surface area contributed by atoms with E-state index in [0.29, 0.717) is 0 Å². The van der Waals surface area contributed by atoms with Crippen molar-refractivity contribution in [1.82, 2.24) is 5.32 Å². The molecule has 0 aromatic rings. The molecule has 0 spiro atoms. The largest absolute Gasteiger partial charge is 0.389 e. The average Bonchev–Trinajstić information content (AvgIpc) is 2.61. The van der Waals surface area contributed by atoms with E-state index in [1.165, 1.54) is 18.8 Å². The van der Waals surface area contributed by atoms with Crippen molar-refractivity contribution in [3.63, 3.8) is 0 Å². The van der Waals surface area contributed by atoms with Gasteiger partial charge in [-0.25, -0.2) is 0 Å². The fraction of sp³-hybridized carbons (Fsp3) is 0.909. The molecule has 0 aromatic carbocycles. The molecular formula is C11H18N2O. The van der Waals surface area contributed by atoms with Crippen LogP contribution in [0.3, 0.4) is 0 Å². The van der Waals surface area contributed by atoms with Crippen molar-refractivity contribution in [2.75, 3.05) is 13.1 Å². The molecule has 3 heteroatoms. The molecule has 1 saturated heterocycles. The Morgan fingerprint density at radius 2 is 2.21 bits per heavy atom. The van der Waals surface area contributed by atoms with Crippen molar-refractivity contribution in [3.8, 4) is 0 Å². The Morgan fingerprint density at radius 1 is 1.50 bits per heavy atom. The Morgan fingerprint density at radius 3 is 2.79 bits per heavy atom. The van der Waals surface area contributed by atoms with Gasteiger partial charge in [0.2, 0.25) is 0 Å². The zero-order chi connectivity index (χ0) is 9.76. The molecule has 3 aliphatic rings. The third kappa shape index (κ3) is 1.11. The van der Waals surface area contributed by atoms with Gasteiger partial charge in [-0.1, -0.05) is 12.1 Å². The summed E-state index contributed by atoms with van der Waals surface area (Å²) in [6.45, 7) is 6.72. The quantitative estimate of drug-likeness (QED) is 0.721. The van der Waals surface area contributed by atoms with E-state index < -0.39 is 0 Å². The molecule has 0 bridgehead atoms. The van der Waals surface area contributed by atoms with Crippen LogP contribution in [0.2, 0.25) is 0 Å². The molecule has 0 aromatic heterocycles. The molecule has 1 aliphatic carbocycles. The lowest BCUT2D eigenvalue weighted by Crippen LogP contribution is -2.25. The summed E-state index contributed by atoms with van der Waals surface area (Å²) in [6.07, 6.45) is 2.11. The second kappa shape index (κ2) is 2.72. The number of fused-ring (bicyclic) bond motifs is 1. The molecule has 1 saturated carbocycles. The van der Waals surface area contributed by atoms with Crippen molar-refractivity contribution in [2.24, 2.45) is 22.9 Å². The molecule has 2 fully saturated rings. The van der Waals surface area contributed by atoms with E-state index in [9.17, 15) is 0 Å². The van der Waals surface area contributed by atoms with Crippen LogP contribution >= 0.6 is 0 Å². The molecule has 2 heterocycles. The van der Waals surface area contributed by atoms with Gasteiger partial charge in [0.1, 0.15) is 5.60 Å². The lowest BCUT2D eigenvalue weighted by Gasteiger charge is -2.18. The van der Waals surface area contributed by atoms with Crippen molar-refractivity contribution in [1.29, 1.82) is 0 Å². The zero-order valence-corrected chi connectivity index (χ0v) is 8.92. The van der Waals surface area contributed by atoms with Crippen LogP contribution in [-0.4, -0.2) is 24.4 Å². The standard InChI is InChI=1S/C11H18N2O/c1-3-11(2)4-9(13-14-11)10-7-5-12-6-8(7)10/h7-8,10,12H,3-6H2,1-2H3. The molecule has 78 valence electrons. The van der Waals surface area contributed by atoms with E-state index in [1.807, 2.05) is 0 Å². The van der Waals surface area contributed by atoms with Crippen molar-refractivity contribution < 1.29 is 4.84 Å². The van der Waals surface area contributed by atoms with Crippen molar-refractivity contribution >= 4 is 5.71 Å². The minimum atomic E-state index is -0.000348. The molecule has 3 atom stereocenters. The van der Waals surface area contributed by atoms with Crippen LogP contribution in [0.25, 0.3) is 0 Å². The van der Waals surface area contributed by atoms with E-state index in [1.54, 1.807) is 0 Å². The first-order valence-corrected chi connectivity index (χ1v) is 5.69. The number of nitrogens with one attached hydrogen (secondary N) is 1. The van der Waals surface area contributed by atoms with Crippen LogP contribution < -0.4 is 5.32 Å². The summed E-state index contributed by atoms with van der Waals surface area (Å²) in [5.74, 6) is 2.50. The minimum Gasteiger partial charge on any atom is -0.389 e. The lowest BCUT2D eigenvalue weighted by atomic mass is 9.94. The SMILES string of the molecule is CCC1(C)CC(C2C3CNCC32)=NO1. The highest BCUT2D eigenvalue weighted by Gasteiger charge is 2.57. The fourth-order valence-corrected chi connectivity index (χ4v) is 2.90. The molecule has 14 heavy (non-hydrogen) atoms. The molecule has 3 nitrogen and oxygen atoms in total. The van der Waals surface area contributed by atoms with E-state index in [4.69, 9.17) is 4.84 Å². The zero-order valence-electron chi connectivity index (χ0n) is 8.92. The van der Waals surface area contributed by atoms with Gasteiger partial charge >= 0.3 is 0 Å². The Kier molecular flexibility index (Phi) is 1.69. The van der Waals surface area contributed by atoms with Crippen LogP contribution in [-0.2, 0) is 4.84 Å². The van der Waals surface area contributed by atoms with E-state index in [2.05, 4.69) is 24.3 Å². The van der Waals surface area contributed by atoms with Crippen molar-refractivity contribution in [3.05, 3.63) is 0 Å². The molecule has 2 aliphatic heterocycles. The molecule has 3 rings (SSSR count). The highest BCUT2D eigenvalue weighted by Crippen LogP contribution is 2.52. The predicted molar refractivity (Wildman–Crippen MR) is 55.2 cm³/mol. The Hall–Kier alpha value is -0.570. The van der Waals surface area contributed by atoms with E-state index >= 15 is 0 Å². The van der Waals surface area contributed by atoms with Gasteiger partial charge in [0, 0.05) is 12.3 Å². The van der Waals surface area contributed by atoms with Gasteiger partial charge in [0.15, 0.2) is 0 Å². The Bertz CT molecular complexity index is 279. The number of rotatable bonds is 2. The first kappa shape index (κ1) is 8.72. The first-order valence-electron chi connectivity index (χ1n) is 5.69. The molecule has 0 amide bonds. The van der Waals surface area contributed by atoms with Crippen LogP contribution in [0.5, 0.6) is 0 Å². The number of oxime groups is 1. The van der Waals surface area contributed by atoms with Gasteiger partial charge in [-0.2, -0.15) is 0 Å². The maximum Gasteiger partial charge on any atom is 0.140 e. The van der Waals surface area contributed by atoms with Gasteiger partial charge in [-0.3, -0.25) is 0 Å². The summed E-state index contributed by atoms with van der Waals surface area (Å²) in [6, 6.07) is 0. The normalized spacial score (nSPS) is 49.9. The number of hydrogen-bond acceptors (Lipinski definition) is 3. The van der Waals surface area contributed by atoms with Gasteiger partial charge < -0.3 is 10.2 Å².